The molecule has 2 aromatic rings. The number of hydrogen-bond acceptors (Lipinski definition) is 5. The summed E-state index contributed by atoms with van der Waals surface area (Å²) in [6, 6.07) is 1.86. The van der Waals surface area contributed by atoms with Crippen LogP contribution < -0.4 is 16.4 Å². The molecule has 9 heteroatoms. The van der Waals surface area contributed by atoms with Crippen molar-refractivity contribution in [3.05, 3.63) is 30.0 Å². The van der Waals surface area contributed by atoms with Crippen LogP contribution in [-0.4, -0.2) is 51.1 Å². The molecule has 0 unspecified atom stereocenters. The maximum atomic E-state index is 12.4. The molecule has 7 N–H and O–H groups in total. The van der Waals surface area contributed by atoms with Crippen molar-refractivity contribution in [2.24, 2.45) is 11.7 Å². The first-order valence-corrected chi connectivity index (χ1v) is 9.46. The Balaban J connectivity index is 2.04. The lowest BCUT2D eigenvalue weighted by molar-refractivity contribution is -0.142. The van der Waals surface area contributed by atoms with Gasteiger partial charge in [-0.25, -0.2) is 4.79 Å². The van der Waals surface area contributed by atoms with Crippen molar-refractivity contribution in [2.45, 2.75) is 51.7 Å². The molecule has 1 aromatic carbocycles. The lowest BCUT2D eigenvalue weighted by atomic mass is 10.0. The molecule has 0 fully saturated rings. The minimum absolute atomic E-state index is 0.0120. The number of aromatic amines is 1. The van der Waals surface area contributed by atoms with Crippen molar-refractivity contribution in [2.75, 3.05) is 0 Å². The largest absolute Gasteiger partial charge is 0.508 e. The number of aromatic hydroxyl groups is 1. The second-order valence-electron chi connectivity index (χ2n) is 7.61. The number of H-pyrrole nitrogens is 1. The van der Waals surface area contributed by atoms with Crippen LogP contribution in [0.25, 0.3) is 10.9 Å². The number of amides is 2. The molecule has 1 heterocycles. The third-order valence-electron chi connectivity index (χ3n) is 4.60. The van der Waals surface area contributed by atoms with E-state index in [2.05, 4.69) is 15.6 Å². The van der Waals surface area contributed by atoms with Gasteiger partial charge in [0.05, 0.1) is 6.04 Å². The Morgan fingerprint density at radius 2 is 1.83 bits per heavy atom. The topological polar surface area (TPSA) is 158 Å². The minimum atomic E-state index is -1.21. The highest BCUT2D eigenvalue weighted by molar-refractivity contribution is 5.92. The molecule has 0 spiro atoms. The van der Waals surface area contributed by atoms with Gasteiger partial charge in [-0.1, -0.05) is 13.8 Å². The zero-order valence-electron chi connectivity index (χ0n) is 16.7. The Morgan fingerprint density at radius 3 is 2.45 bits per heavy atom. The van der Waals surface area contributed by atoms with Crippen molar-refractivity contribution < 1.29 is 24.6 Å². The second-order valence-corrected chi connectivity index (χ2v) is 7.61. The third-order valence-corrected chi connectivity index (χ3v) is 4.60. The van der Waals surface area contributed by atoms with Gasteiger partial charge in [0, 0.05) is 23.5 Å². The highest BCUT2D eigenvalue weighted by Crippen LogP contribution is 2.24. The summed E-state index contributed by atoms with van der Waals surface area (Å²) in [6.45, 7) is 5.34. The summed E-state index contributed by atoms with van der Waals surface area (Å²) < 4.78 is 0. The Hall–Kier alpha value is -3.07. The molecule has 158 valence electrons. The molecule has 2 amide bonds. The van der Waals surface area contributed by atoms with Gasteiger partial charge in [0.25, 0.3) is 0 Å². The van der Waals surface area contributed by atoms with Crippen molar-refractivity contribution in [1.82, 2.24) is 15.6 Å². The lowest BCUT2D eigenvalue weighted by Gasteiger charge is -2.20. The molecule has 2 rings (SSSR count). The predicted molar refractivity (Wildman–Crippen MR) is 108 cm³/mol. The van der Waals surface area contributed by atoms with Gasteiger partial charge in [0.15, 0.2) is 0 Å². The van der Waals surface area contributed by atoms with Gasteiger partial charge in [-0.05, 0) is 43.0 Å². The molecule has 1 aromatic heterocycles. The second kappa shape index (κ2) is 9.42. The van der Waals surface area contributed by atoms with Crippen molar-refractivity contribution >= 4 is 28.7 Å². The van der Waals surface area contributed by atoms with Crippen LogP contribution >= 0.6 is 0 Å². The van der Waals surface area contributed by atoms with E-state index in [1.165, 1.54) is 19.1 Å². The summed E-state index contributed by atoms with van der Waals surface area (Å²) in [4.78, 5) is 39.2. The number of aliphatic carboxylic acids is 1. The highest BCUT2D eigenvalue weighted by atomic mass is 16.4. The maximum Gasteiger partial charge on any atom is 0.326 e. The molecule has 9 nitrogen and oxygen atoms in total. The van der Waals surface area contributed by atoms with Crippen LogP contribution in [0.4, 0.5) is 0 Å². The molecule has 0 saturated carbocycles. The van der Waals surface area contributed by atoms with Gasteiger partial charge in [-0.3, -0.25) is 9.59 Å². The van der Waals surface area contributed by atoms with Gasteiger partial charge in [0.1, 0.15) is 17.8 Å². The molecular formula is C20H28N4O5. The summed E-state index contributed by atoms with van der Waals surface area (Å²) in [6.07, 6.45) is 2.13. The number of nitrogens with one attached hydrogen (secondary N) is 3. The lowest BCUT2D eigenvalue weighted by Crippen LogP contribution is -2.53. The van der Waals surface area contributed by atoms with E-state index >= 15 is 0 Å². The van der Waals surface area contributed by atoms with Crippen molar-refractivity contribution in [3.8, 4) is 5.75 Å². The van der Waals surface area contributed by atoms with E-state index in [1.54, 1.807) is 12.3 Å². The standard InChI is InChI=1S/C20H28N4O5/c1-10(2)6-15(21)19(27)23-11(3)18(26)24-17(20(28)29)7-12-9-22-16-5-4-13(25)8-14(12)16/h4-5,8-11,15,17,22,25H,6-7,21H2,1-3H3,(H,23,27)(H,24,26)(H,28,29)/t11-,15-,17-/m0/s1. The molecule has 0 aliphatic heterocycles. The summed E-state index contributed by atoms with van der Waals surface area (Å²) in [5.74, 6) is -2.00. The number of phenolic OH excluding ortho intramolecular Hbond substituents is 1. The average Bonchev–Trinajstić information content (AvgIpc) is 3.02. The van der Waals surface area contributed by atoms with Crippen LogP contribution in [0.5, 0.6) is 5.75 Å². The van der Waals surface area contributed by atoms with Gasteiger partial charge >= 0.3 is 5.97 Å². The number of hydrogen-bond donors (Lipinski definition) is 6. The molecule has 29 heavy (non-hydrogen) atoms. The highest BCUT2D eigenvalue weighted by Gasteiger charge is 2.26. The fraction of sp³-hybridized carbons (Fsp3) is 0.450. The number of rotatable bonds is 9. The fourth-order valence-electron chi connectivity index (χ4n) is 3.05. The Morgan fingerprint density at radius 1 is 1.14 bits per heavy atom. The van der Waals surface area contributed by atoms with Crippen molar-refractivity contribution in [1.29, 1.82) is 0 Å². The van der Waals surface area contributed by atoms with Crippen molar-refractivity contribution in [3.63, 3.8) is 0 Å². The van der Waals surface area contributed by atoms with Crippen LogP contribution in [0.2, 0.25) is 0 Å². The van der Waals surface area contributed by atoms with Crippen LogP contribution in [0.3, 0.4) is 0 Å². The number of carbonyl (C=O) groups excluding carboxylic acids is 2. The monoisotopic (exact) mass is 404 g/mol. The quantitative estimate of drug-likeness (QED) is 0.364. The predicted octanol–water partition coefficient (Wildman–Crippen LogP) is 0.864. The van der Waals surface area contributed by atoms with Crippen LogP contribution in [0.15, 0.2) is 24.4 Å². The SMILES string of the molecule is CC(C)C[C@H](N)C(=O)N[C@@H](C)C(=O)N[C@@H](Cc1c[nH]c2ccc(O)cc12)C(=O)O. The zero-order chi connectivity index (χ0) is 21.7. The molecule has 0 saturated heterocycles. The summed E-state index contributed by atoms with van der Waals surface area (Å²) in [5.41, 5.74) is 7.19. The summed E-state index contributed by atoms with van der Waals surface area (Å²) in [7, 11) is 0. The van der Waals surface area contributed by atoms with E-state index in [1.807, 2.05) is 13.8 Å². The summed E-state index contributed by atoms with van der Waals surface area (Å²) >= 11 is 0. The first-order valence-electron chi connectivity index (χ1n) is 9.46. The van der Waals surface area contributed by atoms with Crippen LogP contribution in [0, 0.1) is 5.92 Å². The van der Waals surface area contributed by atoms with E-state index in [0.29, 0.717) is 17.4 Å². The maximum absolute atomic E-state index is 12.4. The number of carboxylic acid groups (broad SMARTS) is 1. The smallest absolute Gasteiger partial charge is 0.326 e. The number of carboxylic acids is 1. The van der Waals surface area contributed by atoms with Crippen LogP contribution in [0.1, 0.15) is 32.8 Å². The normalized spacial score (nSPS) is 14.4. The van der Waals surface area contributed by atoms with Crippen LogP contribution in [-0.2, 0) is 20.8 Å². The Bertz CT molecular complexity index is 892. The number of fused-ring (bicyclic) bond motifs is 1. The summed E-state index contributed by atoms with van der Waals surface area (Å²) in [5, 5.41) is 24.8. The molecule has 0 aliphatic carbocycles. The van der Waals surface area contributed by atoms with Gasteiger partial charge in [-0.2, -0.15) is 0 Å². The number of carbonyl (C=O) groups is 3. The Kier molecular flexibility index (Phi) is 7.22. The van der Waals surface area contributed by atoms with E-state index in [4.69, 9.17) is 5.73 Å². The average molecular weight is 404 g/mol. The fourth-order valence-corrected chi connectivity index (χ4v) is 3.05. The van der Waals surface area contributed by atoms with Gasteiger partial charge < -0.3 is 31.6 Å². The number of benzene rings is 1. The molecule has 0 bridgehead atoms. The number of phenols is 1. The van der Waals surface area contributed by atoms with E-state index in [-0.39, 0.29) is 18.1 Å². The van der Waals surface area contributed by atoms with E-state index in [9.17, 15) is 24.6 Å². The molecule has 3 atom stereocenters. The zero-order valence-corrected chi connectivity index (χ0v) is 16.7. The van der Waals surface area contributed by atoms with E-state index < -0.39 is 35.9 Å². The van der Waals surface area contributed by atoms with E-state index in [0.717, 1.165) is 5.52 Å². The third kappa shape index (κ3) is 5.95. The minimum Gasteiger partial charge on any atom is -0.508 e. The van der Waals surface area contributed by atoms with Gasteiger partial charge in [0.2, 0.25) is 11.8 Å². The van der Waals surface area contributed by atoms with Gasteiger partial charge in [-0.15, -0.1) is 0 Å². The number of nitrogens with two attached hydrogens (primary N) is 1. The Labute approximate surface area is 168 Å². The first kappa shape index (κ1) is 22.2. The first-order chi connectivity index (χ1) is 13.6. The number of aromatic nitrogens is 1. The molecular weight excluding hydrogens is 376 g/mol. The molecule has 0 radical (unpaired) electrons. The molecule has 0 aliphatic rings.